The first-order valence-electron chi connectivity index (χ1n) is 8.20. The topological polar surface area (TPSA) is 60.2 Å². The van der Waals surface area contributed by atoms with Gasteiger partial charge in [0.1, 0.15) is 12.4 Å². The molecule has 0 aliphatic rings. The summed E-state index contributed by atoms with van der Waals surface area (Å²) in [5.74, 6) is 0.767. The summed E-state index contributed by atoms with van der Waals surface area (Å²) in [5, 5.41) is 5.24. The molecule has 0 atom stereocenters. The average molecular weight is 338 g/mol. The largest absolute Gasteiger partial charge is 0.491 e. The van der Waals surface area contributed by atoms with Crippen molar-refractivity contribution in [2.45, 2.75) is 13.8 Å². The molecule has 130 valence electrons. The monoisotopic (exact) mass is 338 g/mol. The molecule has 1 amide bonds. The molecule has 25 heavy (non-hydrogen) atoms. The number of aryl methyl sites for hydroxylation is 3. The molecule has 3 rings (SSSR count). The van der Waals surface area contributed by atoms with Crippen LogP contribution < -0.4 is 4.74 Å². The number of amides is 1. The molecule has 0 unspecified atom stereocenters. The number of benzene rings is 1. The van der Waals surface area contributed by atoms with E-state index in [0.717, 1.165) is 28.0 Å². The van der Waals surface area contributed by atoms with Gasteiger partial charge in [0.05, 0.1) is 17.8 Å². The lowest BCUT2D eigenvalue weighted by Gasteiger charge is -2.18. The predicted octanol–water partition coefficient (Wildman–Crippen LogP) is 2.74. The Bertz CT molecular complexity index is 917. The number of aromatic nitrogens is 3. The molecule has 2 heterocycles. The van der Waals surface area contributed by atoms with Gasteiger partial charge in [0.15, 0.2) is 5.65 Å². The third kappa shape index (κ3) is 3.47. The van der Waals surface area contributed by atoms with Gasteiger partial charge in [0.2, 0.25) is 0 Å². The van der Waals surface area contributed by atoms with E-state index in [1.165, 1.54) is 0 Å². The molecule has 0 saturated heterocycles. The zero-order valence-electron chi connectivity index (χ0n) is 15.0. The Labute approximate surface area is 147 Å². The number of pyridine rings is 1. The van der Waals surface area contributed by atoms with Crippen LogP contribution in [0.5, 0.6) is 5.75 Å². The number of nitrogens with zero attached hydrogens (tertiary/aromatic N) is 4. The van der Waals surface area contributed by atoms with Gasteiger partial charge >= 0.3 is 0 Å². The molecule has 0 fully saturated rings. The summed E-state index contributed by atoms with van der Waals surface area (Å²) >= 11 is 0. The number of fused-ring (bicyclic) bond motifs is 1. The van der Waals surface area contributed by atoms with Gasteiger partial charge in [-0.3, -0.25) is 9.48 Å². The molecule has 0 radical (unpaired) electrons. The highest BCUT2D eigenvalue weighted by Crippen LogP contribution is 2.18. The molecule has 1 aromatic carbocycles. The highest BCUT2D eigenvalue weighted by atomic mass is 16.5. The number of hydrogen-bond acceptors (Lipinski definition) is 4. The molecule has 0 bridgehead atoms. The maximum Gasteiger partial charge on any atom is 0.255 e. The Morgan fingerprint density at radius 1 is 1.28 bits per heavy atom. The third-order valence-corrected chi connectivity index (χ3v) is 4.23. The third-order valence-electron chi connectivity index (χ3n) is 4.23. The summed E-state index contributed by atoms with van der Waals surface area (Å²) in [4.78, 5) is 18.6. The van der Waals surface area contributed by atoms with E-state index in [1.54, 1.807) is 22.8 Å². The minimum Gasteiger partial charge on any atom is -0.491 e. The summed E-state index contributed by atoms with van der Waals surface area (Å²) < 4.78 is 7.48. The van der Waals surface area contributed by atoms with Crippen LogP contribution in [0.4, 0.5) is 0 Å². The van der Waals surface area contributed by atoms with Gasteiger partial charge in [-0.1, -0.05) is 18.2 Å². The number of carbonyl (C=O) groups is 1. The van der Waals surface area contributed by atoms with Crippen molar-refractivity contribution in [1.82, 2.24) is 19.7 Å². The van der Waals surface area contributed by atoms with Crippen LogP contribution in [0.3, 0.4) is 0 Å². The molecule has 0 N–H and O–H groups in total. The molecule has 0 spiro atoms. The van der Waals surface area contributed by atoms with Gasteiger partial charge < -0.3 is 9.64 Å². The SMILES string of the molecule is Cc1ccccc1OCCN(C)C(=O)c1cnc2c(c1)c(C)nn2C. The molecule has 6 heteroatoms. The average Bonchev–Trinajstić information content (AvgIpc) is 2.89. The van der Waals surface area contributed by atoms with E-state index in [-0.39, 0.29) is 5.91 Å². The summed E-state index contributed by atoms with van der Waals surface area (Å²) in [6, 6.07) is 9.70. The number of carbonyl (C=O) groups excluding carboxylic acids is 1. The fraction of sp³-hybridized carbons (Fsp3) is 0.316. The molecule has 6 nitrogen and oxygen atoms in total. The minimum atomic E-state index is -0.0777. The Morgan fingerprint density at radius 3 is 2.80 bits per heavy atom. The summed E-state index contributed by atoms with van der Waals surface area (Å²) in [5.41, 5.74) is 3.28. The zero-order chi connectivity index (χ0) is 18.0. The van der Waals surface area contributed by atoms with Crippen LogP contribution in [0.1, 0.15) is 21.6 Å². The molecule has 0 saturated carbocycles. The summed E-state index contributed by atoms with van der Waals surface area (Å²) in [6.45, 7) is 4.85. The van der Waals surface area contributed by atoms with E-state index in [2.05, 4.69) is 10.1 Å². The van der Waals surface area contributed by atoms with Crippen molar-refractivity contribution in [3.63, 3.8) is 0 Å². The highest BCUT2D eigenvalue weighted by molar-refractivity contribution is 5.97. The normalized spacial score (nSPS) is 10.9. The summed E-state index contributed by atoms with van der Waals surface area (Å²) in [6.07, 6.45) is 1.60. The van der Waals surface area contributed by atoms with Crippen LogP contribution in [-0.4, -0.2) is 45.8 Å². The molecular formula is C19H22N4O2. The summed E-state index contributed by atoms with van der Waals surface area (Å²) in [7, 11) is 3.61. The molecule has 2 aromatic heterocycles. The fourth-order valence-electron chi connectivity index (χ4n) is 2.76. The number of rotatable bonds is 5. The lowest BCUT2D eigenvalue weighted by Crippen LogP contribution is -2.31. The number of ether oxygens (including phenoxy) is 1. The highest BCUT2D eigenvalue weighted by Gasteiger charge is 2.15. The maximum atomic E-state index is 12.6. The number of hydrogen-bond donors (Lipinski definition) is 0. The number of likely N-dealkylation sites (N-methyl/N-ethyl adjacent to an activating group) is 1. The van der Waals surface area contributed by atoms with Gasteiger partial charge in [0.25, 0.3) is 5.91 Å². The fourth-order valence-corrected chi connectivity index (χ4v) is 2.76. The van der Waals surface area contributed by atoms with Gasteiger partial charge in [-0.25, -0.2) is 4.98 Å². The van der Waals surface area contributed by atoms with Crippen molar-refractivity contribution < 1.29 is 9.53 Å². The van der Waals surface area contributed by atoms with E-state index < -0.39 is 0 Å². The van der Waals surface area contributed by atoms with Crippen molar-refractivity contribution in [2.75, 3.05) is 20.2 Å². The van der Waals surface area contributed by atoms with Crippen LogP contribution in [0, 0.1) is 13.8 Å². The second-order valence-electron chi connectivity index (χ2n) is 6.14. The van der Waals surface area contributed by atoms with Gasteiger partial charge in [-0.2, -0.15) is 5.10 Å². The van der Waals surface area contributed by atoms with Crippen molar-refractivity contribution >= 4 is 16.9 Å². The quantitative estimate of drug-likeness (QED) is 0.718. The predicted molar refractivity (Wildman–Crippen MR) is 96.9 cm³/mol. The maximum absolute atomic E-state index is 12.6. The first kappa shape index (κ1) is 17.0. The van der Waals surface area contributed by atoms with Crippen LogP contribution in [0.25, 0.3) is 11.0 Å². The molecule has 0 aliphatic heterocycles. The zero-order valence-corrected chi connectivity index (χ0v) is 15.0. The smallest absolute Gasteiger partial charge is 0.255 e. The Balaban J connectivity index is 1.66. The van der Waals surface area contributed by atoms with E-state index in [1.807, 2.05) is 51.2 Å². The van der Waals surface area contributed by atoms with E-state index in [9.17, 15) is 4.79 Å². The lowest BCUT2D eigenvalue weighted by molar-refractivity contribution is 0.0773. The standard InChI is InChI=1S/C19H22N4O2/c1-13-7-5-6-8-17(13)25-10-9-22(3)19(24)15-11-16-14(2)21-23(4)18(16)20-12-15/h5-8,11-12H,9-10H2,1-4H3. The van der Waals surface area contributed by atoms with Gasteiger partial charge in [-0.05, 0) is 31.5 Å². The van der Waals surface area contributed by atoms with Crippen LogP contribution in [0.15, 0.2) is 36.5 Å². The van der Waals surface area contributed by atoms with Crippen LogP contribution in [-0.2, 0) is 7.05 Å². The molecular weight excluding hydrogens is 316 g/mol. The van der Waals surface area contributed by atoms with Gasteiger partial charge in [-0.15, -0.1) is 0 Å². The second kappa shape index (κ2) is 6.93. The molecule has 3 aromatic rings. The van der Waals surface area contributed by atoms with Crippen molar-refractivity contribution in [2.24, 2.45) is 7.05 Å². The van der Waals surface area contributed by atoms with Crippen molar-refractivity contribution in [3.05, 3.63) is 53.3 Å². The van der Waals surface area contributed by atoms with Gasteiger partial charge in [0, 0.05) is 25.7 Å². The Hall–Kier alpha value is -2.89. The Morgan fingerprint density at radius 2 is 2.04 bits per heavy atom. The van der Waals surface area contributed by atoms with Crippen molar-refractivity contribution in [1.29, 1.82) is 0 Å². The van der Waals surface area contributed by atoms with Crippen molar-refractivity contribution in [3.8, 4) is 5.75 Å². The lowest BCUT2D eigenvalue weighted by atomic mass is 10.2. The first-order valence-corrected chi connectivity index (χ1v) is 8.20. The Kier molecular flexibility index (Phi) is 4.70. The number of para-hydroxylation sites is 1. The first-order chi connectivity index (χ1) is 12.0. The van der Waals surface area contributed by atoms with E-state index >= 15 is 0 Å². The molecule has 0 aliphatic carbocycles. The van der Waals surface area contributed by atoms with E-state index in [0.29, 0.717) is 18.7 Å². The second-order valence-corrected chi connectivity index (χ2v) is 6.14. The van der Waals surface area contributed by atoms with Crippen LogP contribution >= 0.6 is 0 Å². The van der Waals surface area contributed by atoms with Crippen LogP contribution in [0.2, 0.25) is 0 Å². The minimum absolute atomic E-state index is 0.0777. The van der Waals surface area contributed by atoms with E-state index in [4.69, 9.17) is 4.74 Å².